The number of hydrogen-bond acceptors (Lipinski definition) is 3. The summed E-state index contributed by atoms with van der Waals surface area (Å²) in [5, 5.41) is 2.95. The third-order valence-electron chi connectivity index (χ3n) is 3.57. The van der Waals surface area contributed by atoms with Crippen molar-refractivity contribution in [1.82, 2.24) is 0 Å². The number of carbonyl (C=O) groups excluding carboxylic acids is 1. The number of benzene rings is 2. The first-order valence-electron chi connectivity index (χ1n) is 8.11. The molecule has 0 spiro atoms. The van der Waals surface area contributed by atoms with Crippen molar-refractivity contribution in [2.24, 2.45) is 0 Å². The number of carbonyl (C=O) groups is 1. The number of amides is 1. The lowest BCUT2D eigenvalue weighted by Crippen LogP contribution is -2.14. The molecule has 1 N–H and O–H groups in total. The Morgan fingerprint density at radius 1 is 1.27 bits per heavy atom. The zero-order valence-electron chi connectivity index (χ0n) is 14.2. The van der Waals surface area contributed by atoms with Gasteiger partial charge in [-0.05, 0) is 54.5 Å². The van der Waals surface area contributed by atoms with Gasteiger partial charge in [-0.3, -0.25) is 4.79 Å². The van der Waals surface area contributed by atoms with Gasteiger partial charge in [-0.15, -0.1) is 0 Å². The first-order valence-corrected chi connectivity index (χ1v) is 8.89. The summed E-state index contributed by atoms with van der Waals surface area (Å²) < 4.78 is 32.8. The summed E-state index contributed by atoms with van der Waals surface area (Å²) in [4.78, 5) is 12.2. The van der Waals surface area contributed by atoms with E-state index in [1.807, 2.05) is 6.92 Å². The average molecular weight is 398 g/mol. The number of hydrogen-bond donors (Lipinski definition) is 1. The van der Waals surface area contributed by atoms with Crippen LogP contribution in [-0.4, -0.2) is 17.6 Å². The first kappa shape index (κ1) is 20.3. The van der Waals surface area contributed by atoms with Crippen molar-refractivity contribution < 1.29 is 18.3 Å². The van der Waals surface area contributed by atoms with E-state index in [9.17, 15) is 13.6 Å². The van der Waals surface area contributed by atoms with Gasteiger partial charge in [0.05, 0.1) is 12.3 Å². The average Bonchev–Trinajstić information content (AvgIpc) is 2.59. The molecule has 3 nitrogen and oxygen atoms in total. The highest BCUT2D eigenvalue weighted by atomic mass is 35.5. The molecule has 0 saturated carbocycles. The molecule has 7 heteroatoms. The van der Waals surface area contributed by atoms with E-state index in [1.54, 1.807) is 0 Å². The molecule has 0 radical (unpaired) electrons. The summed E-state index contributed by atoms with van der Waals surface area (Å²) >= 11 is 11.2. The largest absolute Gasteiger partial charge is 0.487 e. The standard InChI is InChI=1S/C19H18ClF2NO2S/c1-2-3-7-25-18(26)10-13-9-17(16(22)11-15(13)20)23-19(24)12-5-4-6-14(21)8-12/h4-6,8-9,11H,2-3,7,10H2,1H3,(H,23,24). The minimum atomic E-state index is -0.693. The molecular formula is C19H18ClF2NO2S. The summed E-state index contributed by atoms with van der Waals surface area (Å²) in [6, 6.07) is 7.64. The van der Waals surface area contributed by atoms with Crippen molar-refractivity contribution in [3.05, 3.63) is 64.2 Å². The van der Waals surface area contributed by atoms with E-state index in [2.05, 4.69) is 5.32 Å². The molecule has 0 aliphatic carbocycles. The van der Waals surface area contributed by atoms with Crippen molar-refractivity contribution in [2.45, 2.75) is 26.2 Å². The van der Waals surface area contributed by atoms with Crippen LogP contribution in [0.25, 0.3) is 0 Å². The number of rotatable bonds is 7. The van der Waals surface area contributed by atoms with Gasteiger partial charge in [0.2, 0.25) is 0 Å². The molecule has 2 rings (SSSR count). The normalized spacial score (nSPS) is 10.5. The molecule has 0 heterocycles. The minimum Gasteiger partial charge on any atom is -0.487 e. The van der Waals surface area contributed by atoms with Crippen molar-refractivity contribution in [2.75, 3.05) is 11.9 Å². The number of nitrogens with one attached hydrogen (secondary N) is 1. The van der Waals surface area contributed by atoms with Gasteiger partial charge < -0.3 is 10.1 Å². The Morgan fingerprint density at radius 2 is 2.04 bits per heavy atom. The fourth-order valence-electron chi connectivity index (χ4n) is 2.19. The number of unbranched alkanes of at least 4 members (excludes halogenated alkanes) is 1. The lowest BCUT2D eigenvalue weighted by molar-refractivity contribution is 0.102. The smallest absolute Gasteiger partial charge is 0.255 e. The van der Waals surface area contributed by atoms with Gasteiger partial charge in [0.15, 0.2) is 5.05 Å². The lowest BCUT2D eigenvalue weighted by Gasteiger charge is -2.12. The molecule has 0 atom stereocenters. The van der Waals surface area contributed by atoms with Gasteiger partial charge in [0, 0.05) is 17.0 Å². The molecule has 2 aromatic carbocycles. The van der Waals surface area contributed by atoms with Crippen LogP contribution in [0.4, 0.5) is 14.5 Å². The molecule has 138 valence electrons. The molecule has 26 heavy (non-hydrogen) atoms. The summed E-state index contributed by atoms with van der Waals surface area (Å²) in [6.45, 7) is 2.55. The van der Waals surface area contributed by atoms with Crippen molar-refractivity contribution in [3.8, 4) is 0 Å². The summed E-state index contributed by atoms with van der Waals surface area (Å²) in [6.07, 6.45) is 2.09. The topological polar surface area (TPSA) is 38.3 Å². The van der Waals surface area contributed by atoms with Crippen LogP contribution in [0.2, 0.25) is 5.02 Å². The molecule has 0 aromatic heterocycles. The van der Waals surface area contributed by atoms with Gasteiger partial charge in [-0.25, -0.2) is 8.78 Å². The summed E-state index contributed by atoms with van der Waals surface area (Å²) in [5.41, 5.74) is 0.554. The highest BCUT2D eigenvalue weighted by Gasteiger charge is 2.14. The number of ether oxygens (including phenoxy) is 1. The number of thiocarbonyl (C=S) groups is 1. The maximum atomic E-state index is 14.1. The Balaban J connectivity index is 2.14. The first-order chi connectivity index (χ1) is 12.4. The van der Waals surface area contributed by atoms with Crippen LogP contribution in [0.15, 0.2) is 36.4 Å². The Morgan fingerprint density at radius 3 is 2.73 bits per heavy atom. The molecule has 0 aliphatic rings. The Bertz CT molecular complexity index is 814. The zero-order valence-corrected chi connectivity index (χ0v) is 15.7. The van der Waals surface area contributed by atoms with Crippen LogP contribution in [0.3, 0.4) is 0 Å². The third-order valence-corrected chi connectivity index (χ3v) is 4.18. The van der Waals surface area contributed by atoms with E-state index in [0.29, 0.717) is 17.2 Å². The highest BCUT2D eigenvalue weighted by Crippen LogP contribution is 2.26. The lowest BCUT2D eigenvalue weighted by atomic mass is 10.1. The van der Waals surface area contributed by atoms with E-state index in [1.165, 1.54) is 24.3 Å². The van der Waals surface area contributed by atoms with Gasteiger partial charge in [0.25, 0.3) is 5.91 Å². The predicted octanol–water partition coefficient (Wildman–Crippen LogP) is 5.56. The van der Waals surface area contributed by atoms with E-state index >= 15 is 0 Å². The zero-order chi connectivity index (χ0) is 19.1. The third kappa shape index (κ3) is 5.75. The van der Waals surface area contributed by atoms with Crippen LogP contribution in [0.1, 0.15) is 35.7 Å². The van der Waals surface area contributed by atoms with Crippen LogP contribution in [0.5, 0.6) is 0 Å². The number of halogens is 3. The van der Waals surface area contributed by atoms with E-state index in [-0.39, 0.29) is 22.7 Å². The second kappa shape index (κ2) is 9.59. The fraction of sp³-hybridized carbons (Fsp3) is 0.263. The molecular weight excluding hydrogens is 380 g/mol. The van der Waals surface area contributed by atoms with Crippen LogP contribution >= 0.6 is 23.8 Å². The predicted molar refractivity (Wildman–Crippen MR) is 103 cm³/mol. The Labute approximate surface area is 161 Å². The summed E-state index contributed by atoms with van der Waals surface area (Å²) in [7, 11) is 0. The quantitative estimate of drug-likeness (QED) is 0.491. The van der Waals surface area contributed by atoms with Crippen molar-refractivity contribution in [1.29, 1.82) is 0 Å². The Kier molecular flexibility index (Phi) is 7.48. The molecule has 1 amide bonds. The van der Waals surface area contributed by atoms with Gasteiger partial charge >= 0.3 is 0 Å². The van der Waals surface area contributed by atoms with Crippen LogP contribution in [-0.2, 0) is 11.2 Å². The highest BCUT2D eigenvalue weighted by molar-refractivity contribution is 7.80. The molecule has 0 saturated heterocycles. The maximum Gasteiger partial charge on any atom is 0.255 e. The molecule has 2 aromatic rings. The number of anilines is 1. The molecule has 0 fully saturated rings. The van der Waals surface area contributed by atoms with Gasteiger partial charge in [0.1, 0.15) is 11.6 Å². The van der Waals surface area contributed by atoms with E-state index in [0.717, 1.165) is 25.0 Å². The molecule has 0 aliphatic heterocycles. The maximum absolute atomic E-state index is 14.1. The minimum absolute atomic E-state index is 0.0602. The Hall–Kier alpha value is -2.05. The van der Waals surface area contributed by atoms with Crippen LogP contribution < -0.4 is 5.32 Å². The van der Waals surface area contributed by atoms with Crippen molar-refractivity contribution >= 4 is 40.5 Å². The van der Waals surface area contributed by atoms with E-state index < -0.39 is 17.5 Å². The molecule has 0 bridgehead atoms. The van der Waals surface area contributed by atoms with Crippen LogP contribution in [0, 0.1) is 11.6 Å². The van der Waals surface area contributed by atoms with E-state index in [4.69, 9.17) is 28.6 Å². The molecule has 0 unspecified atom stereocenters. The van der Waals surface area contributed by atoms with Crippen molar-refractivity contribution in [3.63, 3.8) is 0 Å². The second-order valence-electron chi connectivity index (χ2n) is 5.64. The second-order valence-corrected chi connectivity index (χ2v) is 6.50. The SMILES string of the molecule is CCCCOC(=S)Cc1cc(NC(=O)c2cccc(F)c2)c(F)cc1Cl. The van der Waals surface area contributed by atoms with Gasteiger partial charge in [-0.2, -0.15) is 0 Å². The summed E-state index contributed by atoms with van der Waals surface area (Å²) in [5.74, 6) is -1.87. The fourth-order valence-corrected chi connectivity index (χ4v) is 2.64. The monoisotopic (exact) mass is 397 g/mol. The van der Waals surface area contributed by atoms with Gasteiger partial charge in [-0.1, -0.05) is 31.0 Å².